The lowest BCUT2D eigenvalue weighted by molar-refractivity contribution is -0.135. The molecule has 2 saturated heterocycles. The van der Waals surface area contributed by atoms with Crippen LogP contribution in [0.25, 0.3) is 0 Å². The lowest BCUT2D eigenvalue weighted by Gasteiger charge is -2.36. The van der Waals surface area contributed by atoms with E-state index in [1.807, 2.05) is 17.0 Å². The zero-order valence-corrected chi connectivity index (χ0v) is 16.4. The van der Waals surface area contributed by atoms with E-state index in [-0.39, 0.29) is 17.8 Å². The highest BCUT2D eigenvalue weighted by Gasteiger charge is 2.30. The van der Waals surface area contributed by atoms with Gasteiger partial charge in [0.15, 0.2) is 0 Å². The Kier molecular flexibility index (Phi) is 6.85. The van der Waals surface area contributed by atoms with E-state index in [1.165, 1.54) is 7.11 Å². The van der Waals surface area contributed by atoms with E-state index >= 15 is 0 Å². The summed E-state index contributed by atoms with van der Waals surface area (Å²) in [7, 11) is 3.15. The van der Waals surface area contributed by atoms with E-state index in [1.54, 1.807) is 19.2 Å². The van der Waals surface area contributed by atoms with E-state index in [9.17, 15) is 9.59 Å². The number of methoxy groups -OCH3 is 2. The van der Waals surface area contributed by atoms with Crippen LogP contribution in [0.15, 0.2) is 24.3 Å². The molecule has 1 aromatic carbocycles. The van der Waals surface area contributed by atoms with Crippen molar-refractivity contribution in [3.63, 3.8) is 0 Å². The highest BCUT2D eigenvalue weighted by atomic mass is 16.5. The predicted molar refractivity (Wildman–Crippen MR) is 103 cm³/mol. The lowest BCUT2D eigenvalue weighted by Crippen LogP contribution is -2.46. The third kappa shape index (κ3) is 4.87. The third-order valence-corrected chi connectivity index (χ3v) is 5.82. The molecule has 1 aromatic rings. The molecule has 0 N–H and O–H groups in total. The number of likely N-dealkylation sites (tertiary alicyclic amines) is 2. The van der Waals surface area contributed by atoms with Crippen molar-refractivity contribution in [1.29, 1.82) is 0 Å². The first-order chi connectivity index (χ1) is 13.1. The number of rotatable bonds is 6. The molecule has 148 valence electrons. The third-order valence-electron chi connectivity index (χ3n) is 5.82. The molecule has 2 aliphatic rings. The standard InChI is InChI=1S/C21H30N2O4/c1-26-18-9-12-22(13-10-18)14-15-23-11-3-4-19(20(23)24)16-5-7-17(8-6-16)21(25)27-2/h5-8,18-19H,3-4,9-15H2,1-2H3. The molecule has 1 atom stereocenters. The molecule has 2 fully saturated rings. The molecule has 0 radical (unpaired) electrons. The average molecular weight is 374 g/mol. The second kappa shape index (κ2) is 9.33. The normalized spacial score (nSPS) is 22.1. The van der Waals surface area contributed by atoms with Crippen LogP contribution < -0.4 is 0 Å². The van der Waals surface area contributed by atoms with Gasteiger partial charge < -0.3 is 19.3 Å². The summed E-state index contributed by atoms with van der Waals surface area (Å²) in [5.41, 5.74) is 1.50. The predicted octanol–water partition coefficient (Wildman–Crippen LogP) is 2.29. The number of benzene rings is 1. The molecule has 0 aliphatic carbocycles. The van der Waals surface area contributed by atoms with Crippen molar-refractivity contribution in [1.82, 2.24) is 9.80 Å². The van der Waals surface area contributed by atoms with Crippen molar-refractivity contribution in [3.05, 3.63) is 35.4 Å². The maximum atomic E-state index is 13.0. The van der Waals surface area contributed by atoms with Crippen LogP contribution in [-0.2, 0) is 14.3 Å². The lowest BCUT2D eigenvalue weighted by atomic mass is 9.89. The molecule has 27 heavy (non-hydrogen) atoms. The van der Waals surface area contributed by atoms with Crippen LogP contribution in [0.3, 0.4) is 0 Å². The minimum atomic E-state index is -0.351. The summed E-state index contributed by atoms with van der Waals surface area (Å²) in [5, 5.41) is 0. The Bertz CT molecular complexity index is 638. The molecule has 0 spiro atoms. The fraction of sp³-hybridized carbons (Fsp3) is 0.619. The number of nitrogens with zero attached hydrogens (tertiary/aromatic N) is 2. The minimum Gasteiger partial charge on any atom is -0.465 e. The molecule has 6 nitrogen and oxygen atoms in total. The zero-order valence-electron chi connectivity index (χ0n) is 16.4. The fourth-order valence-corrected chi connectivity index (χ4v) is 4.07. The number of piperidine rings is 2. The highest BCUT2D eigenvalue weighted by molar-refractivity contribution is 5.90. The minimum absolute atomic E-state index is 0.107. The van der Waals surface area contributed by atoms with Crippen LogP contribution >= 0.6 is 0 Å². The Morgan fingerprint density at radius 3 is 2.37 bits per heavy atom. The number of esters is 1. The van der Waals surface area contributed by atoms with Gasteiger partial charge in [-0.2, -0.15) is 0 Å². The van der Waals surface area contributed by atoms with Crippen LogP contribution in [0.4, 0.5) is 0 Å². The van der Waals surface area contributed by atoms with E-state index in [0.29, 0.717) is 11.7 Å². The Labute approximate surface area is 161 Å². The molecule has 0 aromatic heterocycles. The van der Waals surface area contributed by atoms with Crippen LogP contribution in [0, 0.1) is 0 Å². The van der Waals surface area contributed by atoms with Crippen molar-refractivity contribution < 1.29 is 19.1 Å². The SMILES string of the molecule is COC(=O)c1ccc(C2CCCN(CCN3CCC(OC)CC3)C2=O)cc1. The Morgan fingerprint density at radius 1 is 1.04 bits per heavy atom. The van der Waals surface area contributed by atoms with Gasteiger partial charge in [0.05, 0.1) is 24.7 Å². The second-order valence-corrected chi connectivity index (χ2v) is 7.41. The van der Waals surface area contributed by atoms with Gasteiger partial charge in [0.25, 0.3) is 0 Å². The molecule has 3 rings (SSSR count). The number of carbonyl (C=O) groups excluding carboxylic acids is 2. The summed E-state index contributed by atoms with van der Waals surface area (Å²) in [6.07, 6.45) is 4.40. The number of carbonyl (C=O) groups is 2. The highest BCUT2D eigenvalue weighted by Crippen LogP contribution is 2.28. The van der Waals surface area contributed by atoms with Crippen LogP contribution in [-0.4, -0.2) is 74.7 Å². The number of ether oxygens (including phenoxy) is 2. The largest absolute Gasteiger partial charge is 0.465 e. The van der Waals surface area contributed by atoms with Crippen LogP contribution in [0.1, 0.15) is 47.5 Å². The summed E-state index contributed by atoms with van der Waals surface area (Å²) in [4.78, 5) is 29.0. The van der Waals surface area contributed by atoms with E-state index in [4.69, 9.17) is 9.47 Å². The molecule has 2 aliphatic heterocycles. The summed E-state index contributed by atoms with van der Waals surface area (Å²) < 4.78 is 10.2. The van der Waals surface area contributed by atoms with Crippen LogP contribution in [0.2, 0.25) is 0 Å². The summed E-state index contributed by atoms with van der Waals surface area (Å²) >= 11 is 0. The van der Waals surface area contributed by atoms with Crippen molar-refractivity contribution in [2.75, 3.05) is 46.9 Å². The van der Waals surface area contributed by atoms with Gasteiger partial charge >= 0.3 is 5.97 Å². The van der Waals surface area contributed by atoms with Gasteiger partial charge in [0, 0.05) is 39.8 Å². The topological polar surface area (TPSA) is 59.1 Å². The van der Waals surface area contributed by atoms with Gasteiger partial charge in [-0.15, -0.1) is 0 Å². The van der Waals surface area contributed by atoms with Gasteiger partial charge in [0.1, 0.15) is 0 Å². The molecule has 6 heteroatoms. The molecule has 2 heterocycles. The Hall–Kier alpha value is -1.92. The Morgan fingerprint density at radius 2 is 1.74 bits per heavy atom. The molecule has 0 saturated carbocycles. The smallest absolute Gasteiger partial charge is 0.337 e. The quantitative estimate of drug-likeness (QED) is 0.715. The van der Waals surface area contributed by atoms with Crippen LogP contribution in [0.5, 0.6) is 0 Å². The van der Waals surface area contributed by atoms with E-state index in [0.717, 1.165) is 64.0 Å². The molecular formula is C21H30N2O4. The summed E-state index contributed by atoms with van der Waals surface area (Å²) in [5.74, 6) is -0.251. The van der Waals surface area contributed by atoms with Gasteiger partial charge in [-0.3, -0.25) is 4.79 Å². The van der Waals surface area contributed by atoms with Gasteiger partial charge in [-0.05, 0) is 43.4 Å². The molecular weight excluding hydrogens is 344 g/mol. The maximum Gasteiger partial charge on any atom is 0.337 e. The number of hydrogen-bond donors (Lipinski definition) is 0. The van der Waals surface area contributed by atoms with Gasteiger partial charge in [-0.25, -0.2) is 4.79 Å². The van der Waals surface area contributed by atoms with Gasteiger partial charge in [0.2, 0.25) is 5.91 Å². The first-order valence-corrected chi connectivity index (χ1v) is 9.84. The van der Waals surface area contributed by atoms with Crippen molar-refractivity contribution >= 4 is 11.9 Å². The number of hydrogen-bond acceptors (Lipinski definition) is 5. The zero-order chi connectivity index (χ0) is 19.2. The fourth-order valence-electron chi connectivity index (χ4n) is 4.07. The van der Waals surface area contributed by atoms with E-state index < -0.39 is 0 Å². The van der Waals surface area contributed by atoms with Crippen molar-refractivity contribution in [2.45, 2.75) is 37.7 Å². The van der Waals surface area contributed by atoms with Crippen molar-refractivity contribution in [2.24, 2.45) is 0 Å². The van der Waals surface area contributed by atoms with Gasteiger partial charge in [-0.1, -0.05) is 12.1 Å². The van der Waals surface area contributed by atoms with E-state index in [2.05, 4.69) is 4.90 Å². The second-order valence-electron chi connectivity index (χ2n) is 7.41. The summed E-state index contributed by atoms with van der Waals surface area (Å²) in [6, 6.07) is 7.25. The van der Waals surface area contributed by atoms with Crippen molar-refractivity contribution in [3.8, 4) is 0 Å². The molecule has 1 unspecified atom stereocenters. The molecule has 1 amide bonds. The monoisotopic (exact) mass is 374 g/mol. The maximum absolute atomic E-state index is 13.0. The Balaban J connectivity index is 1.55. The number of amides is 1. The molecule has 0 bridgehead atoms. The average Bonchev–Trinajstić information content (AvgIpc) is 2.73. The first-order valence-electron chi connectivity index (χ1n) is 9.84. The first kappa shape index (κ1) is 19.8. The summed E-state index contributed by atoms with van der Waals surface area (Å²) in [6.45, 7) is 4.63.